The lowest BCUT2D eigenvalue weighted by Crippen LogP contribution is -2.03. The zero-order valence-corrected chi connectivity index (χ0v) is 57.1. The van der Waals surface area contributed by atoms with Crippen LogP contribution in [0.1, 0.15) is 450 Å². The van der Waals surface area contributed by atoms with Gasteiger partial charge in [0.15, 0.2) is 0 Å². The summed E-state index contributed by atoms with van der Waals surface area (Å²) in [5.74, 6) is 0.889. The highest BCUT2D eigenvalue weighted by Gasteiger charge is 2.05. The molecule has 0 amide bonds. The summed E-state index contributed by atoms with van der Waals surface area (Å²) in [6.07, 6.45) is 97.4. The summed E-state index contributed by atoms with van der Waals surface area (Å²) in [6, 6.07) is 0. The number of hydrogen-bond acceptors (Lipinski definition) is 4. The van der Waals surface area contributed by atoms with Gasteiger partial charge in [-0.25, -0.2) is 0 Å². The topological polar surface area (TPSA) is 68.8 Å². The Morgan fingerprint density at radius 2 is 0.359 bits per heavy atom. The Labute approximate surface area is 504 Å². The molecule has 0 rings (SSSR count). The van der Waals surface area contributed by atoms with Crippen LogP contribution in [0.15, 0.2) is 0 Å². The molecule has 0 spiro atoms. The number of hydrogen-bond donors (Lipinski definition) is 1. The predicted molar refractivity (Wildman–Crippen MR) is 364 cm³/mol. The molecule has 0 radical (unpaired) electrons. The molecule has 0 saturated heterocycles. The van der Waals surface area contributed by atoms with Crippen molar-refractivity contribution in [3.63, 3.8) is 0 Å². The van der Waals surface area contributed by atoms with Crippen molar-refractivity contribution in [1.29, 1.82) is 0 Å². The van der Waals surface area contributed by atoms with Gasteiger partial charge in [0.25, 0.3) is 0 Å². The van der Waals surface area contributed by atoms with Crippen LogP contribution in [0.4, 0.5) is 0 Å². The van der Waals surface area contributed by atoms with Gasteiger partial charge in [0.1, 0.15) is 0 Å². The Balaban J connectivity index is 0. The van der Waals surface area contributed by atoms with Gasteiger partial charge in [0.2, 0.25) is 0 Å². The SMILES string of the molecule is CCCCCCCCCCCCCCCCCCCCCCCCCCCCCCCCCCCCOP([O-])(=S)SCCCCCCCCCCCCCCCCCCCCCCCCCCCCCCCCCCCC.[NH4+]. The molecule has 0 bridgehead atoms. The van der Waals surface area contributed by atoms with E-state index in [9.17, 15) is 4.89 Å². The fourth-order valence-corrected chi connectivity index (χ4v) is 15.4. The zero-order chi connectivity index (χ0) is 55.4. The van der Waals surface area contributed by atoms with Gasteiger partial charge in [-0.2, -0.15) is 0 Å². The minimum Gasteiger partial charge on any atom is -0.793 e. The minimum atomic E-state index is -2.90. The number of rotatable bonds is 72. The van der Waals surface area contributed by atoms with E-state index in [2.05, 4.69) is 13.8 Å². The van der Waals surface area contributed by atoms with Crippen LogP contribution >= 0.6 is 17.1 Å². The van der Waals surface area contributed by atoms with E-state index in [1.807, 2.05) is 0 Å². The summed E-state index contributed by atoms with van der Waals surface area (Å²) in [5, 5.41) is 0. The Morgan fingerprint density at radius 1 is 0.231 bits per heavy atom. The van der Waals surface area contributed by atoms with E-state index in [0.717, 1.165) is 18.6 Å². The van der Waals surface area contributed by atoms with E-state index < -0.39 is 5.69 Å². The van der Waals surface area contributed by atoms with E-state index in [4.69, 9.17) is 16.3 Å². The lowest BCUT2D eigenvalue weighted by atomic mass is 10.0. The molecule has 0 aliphatic carbocycles. The molecule has 3 nitrogen and oxygen atoms in total. The molecule has 1 atom stereocenters. The Morgan fingerprint density at radius 3 is 0.513 bits per heavy atom. The van der Waals surface area contributed by atoms with Crippen molar-refractivity contribution in [3.8, 4) is 0 Å². The maximum absolute atomic E-state index is 12.7. The standard InChI is InChI=1S/C72H147O2PS2.H3N/c1-3-5-7-9-11-13-15-17-19-21-23-25-27-29-31-33-35-37-39-41-43-45-47-49-51-53-55-57-59-61-63-65-67-69-71-74-75(73,76)77-72-70-68-66-64-62-60-58-56-54-52-50-48-46-44-42-40-38-36-34-32-30-28-26-24-22-20-18-16-14-12-10-8-6-4-2;/h3-72H2,1-2H3,(H,73,76);1H3. The summed E-state index contributed by atoms with van der Waals surface area (Å²) in [7, 11) is 0. The third kappa shape index (κ3) is 74.9. The predicted octanol–water partition coefficient (Wildman–Crippen LogP) is 28.3. The maximum atomic E-state index is 12.7. The van der Waals surface area contributed by atoms with Crippen molar-refractivity contribution in [2.24, 2.45) is 0 Å². The molecule has 0 aliphatic rings. The van der Waals surface area contributed by atoms with Gasteiger partial charge >= 0.3 is 0 Å². The van der Waals surface area contributed by atoms with Gasteiger partial charge in [-0.3, -0.25) is 0 Å². The van der Waals surface area contributed by atoms with Crippen molar-refractivity contribution < 1.29 is 9.42 Å². The third-order valence-corrected chi connectivity index (χ3v) is 21.9. The van der Waals surface area contributed by atoms with Crippen LogP contribution in [0.3, 0.4) is 0 Å². The van der Waals surface area contributed by atoms with Gasteiger partial charge in [0.05, 0.1) is 6.61 Å². The van der Waals surface area contributed by atoms with E-state index in [1.165, 1.54) is 435 Å². The second-order valence-electron chi connectivity index (χ2n) is 25.4. The smallest absolute Gasteiger partial charge is 0.0513 e. The molecule has 4 N–H and O–H groups in total. The number of unbranched alkanes of at least 4 members (excludes halogenated alkanes) is 66. The first-order chi connectivity index (χ1) is 38.1. The summed E-state index contributed by atoms with van der Waals surface area (Å²) in [5.41, 5.74) is -2.90. The first kappa shape index (κ1) is 80.9. The molecule has 472 valence electrons. The molecule has 0 fully saturated rings. The molecule has 0 aromatic carbocycles. The van der Waals surface area contributed by atoms with E-state index in [1.54, 1.807) is 0 Å². The second kappa shape index (κ2) is 74.0. The summed E-state index contributed by atoms with van der Waals surface area (Å²) in [6.45, 7) is 5.20. The molecule has 6 heteroatoms. The van der Waals surface area contributed by atoms with Crippen LogP contribution < -0.4 is 11.0 Å². The van der Waals surface area contributed by atoms with E-state index in [-0.39, 0.29) is 6.15 Å². The van der Waals surface area contributed by atoms with Crippen molar-refractivity contribution in [2.45, 2.75) is 450 Å². The number of quaternary nitrogens is 1. The Hall–Kier alpha value is 0.880. The van der Waals surface area contributed by atoms with Gasteiger partial charge < -0.3 is 15.6 Å². The van der Waals surface area contributed by atoms with Crippen LogP contribution in [0, 0.1) is 0 Å². The summed E-state index contributed by atoms with van der Waals surface area (Å²) in [4.78, 5) is 12.7. The van der Waals surface area contributed by atoms with Gasteiger partial charge in [-0.1, -0.05) is 449 Å². The summed E-state index contributed by atoms with van der Waals surface area (Å²) < 4.78 is 5.70. The molecular formula is C72H150NO2PS2. The Bertz CT molecular complexity index is 1000. The normalized spacial score (nSPS) is 12.4. The van der Waals surface area contributed by atoms with Crippen LogP contribution in [-0.4, -0.2) is 12.4 Å². The van der Waals surface area contributed by atoms with Gasteiger partial charge in [0, 0.05) is 5.69 Å². The van der Waals surface area contributed by atoms with Gasteiger partial charge in [-0.15, -0.1) is 11.4 Å². The van der Waals surface area contributed by atoms with E-state index >= 15 is 0 Å². The zero-order valence-electron chi connectivity index (χ0n) is 54.6. The largest absolute Gasteiger partial charge is 0.793 e. The molecular weight excluding hydrogens is 1010 g/mol. The van der Waals surface area contributed by atoms with E-state index in [0.29, 0.717) is 6.61 Å². The first-order valence-corrected chi connectivity index (χ1v) is 41.0. The fourth-order valence-electron chi connectivity index (χ4n) is 12.1. The van der Waals surface area contributed by atoms with Crippen LogP contribution in [-0.2, 0) is 16.3 Å². The average Bonchev–Trinajstić information content (AvgIpc) is 3.43. The molecule has 0 aromatic heterocycles. The molecule has 0 aromatic rings. The quantitative estimate of drug-likeness (QED) is 0.0487. The maximum Gasteiger partial charge on any atom is 0.0513 e. The highest BCUT2D eigenvalue weighted by molar-refractivity contribution is 8.67. The lowest BCUT2D eigenvalue weighted by Gasteiger charge is -2.26. The second-order valence-corrected chi connectivity index (χ2v) is 31.6. The highest BCUT2D eigenvalue weighted by Crippen LogP contribution is 2.52. The molecule has 78 heavy (non-hydrogen) atoms. The van der Waals surface area contributed by atoms with Crippen LogP contribution in [0.25, 0.3) is 0 Å². The van der Waals surface area contributed by atoms with Crippen LogP contribution in [0.5, 0.6) is 0 Å². The van der Waals surface area contributed by atoms with Crippen molar-refractivity contribution in [1.82, 2.24) is 6.15 Å². The van der Waals surface area contributed by atoms with Crippen LogP contribution in [0.2, 0.25) is 0 Å². The van der Waals surface area contributed by atoms with Crippen molar-refractivity contribution in [3.05, 3.63) is 0 Å². The van der Waals surface area contributed by atoms with Crippen molar-refractivity contribution >= 4 is 28.9 Å². The average molecular weight is 1160 g/mol. The minimum absolute atomic E-state index is 0. The Kier molecular flexibility index (Phi) is 76.8. The lowest BCUT2D eigenvalue weighted by molar-refractivity contribution is -0.174. The summed E-state index contributed by atoms with van der Waals surface area (Å²) >= 11 is 6.77. The molecule has 0 heterocycles. The molecule has 1 unspecified atom stereocenters. The van der Waals surface area contributed by atoms with Crippen molar-refractivity contribution in [2.75, 3.05) is 12.4 Å². The highest BCUT2D eigenvalue weighted by atomic mass is 32.9. The fraction of sp³-hybridized carbons (Fsp3) is 1.00. The molecule has 0 aliphatic heterocycles. The third-order valence-electron chi connectivity index (χ3n) is 17.5. The first-order valence-electron chi connectivity index (χ1n) is 36.7. The monoisotopic (exact) mass is 1160 g/mol. The molecule has 0 saturated carbocycles. The van der Waals surface area contributed by atoms with Gasteiger partial charge in [-0.05, 0) is 18.6 Å².